The van der Waals surface area contributed by atoms with Gasteiger partial charge in [0.1, 0.15) is 29.5 Å². The molecule has 0 aliphatic heterocycles. The Labute approximate surface area is 232 Å². The molecule has 1 heterocycles. The number of phenols is 1. The average molecular weight is 571 g/mol. The molecule has 1 aromatic heterocycles. The first kappa shape index (κ1) is 29.2. The van der Waals surface area contributed by atoms with Crippen LogP contribution in [0.15, 0.2) is 72.8 Å². The van der Waals surface area contributed by atoms with Crippen molar-refractivity contribution in [2.45, 2.75) is 25.4 Å². The molecular weight excluding hydrogens is 545 g/mol. The minimum absolute atomic E-state index is 0.0807. The lowest BCUT2D eigenvalue weighted by atomic mass is 10.0. The molecule has 1 atom stereocenters. The molecule has 12 heteroatoms. The highest BCUT2D eigenvalue weighted by Crippen LogP contribution is 2.27. The summed E-state index contributed by atoms with van der Waals surface area (Å²) in [6.45, 7) is 0.100. The largest absolute Gasteiger partial charge is 0.573 e. The summed E-state index contributed by atoms with van der Waals surface area (Å²) in [5, 5.41) is 22.4. The molecule has 0 spiro atoms. The third-order valence-corrected chi connectivity index (χ3v) is 5.90. The fourth-order valence-corrected chi connectivity index (χ4v) is 4.11. The zero-order valence-electron chi connectivity index (χ0n) is 21.6. The zero-order chi connectivity index (χ0) is 29.6. The van der Waals surface area contributed by atoms with Crippen LogP contribution in [0, 0.1) is 0 Å². The number of nitrogens with one attached hydrogen (secondary N) is 1. The highest BCUT2D eigenvalue weighted by atomic mass is 19.4. The van der Waals surface area contributed by atoms with E-state index in [2.05, 4.69) is 15.0 Å². The number of halogens is 3. The van der Waals surface area contributed by atoms with Crippen molar-refractivity contribution in [1.29, 1.82) is 0 Å². The monoisotopic (exact) mass is 570 g/mol. The predicted octanol–water partition coefficient (Wildman–Crippen LogP) is 5.10. The van der Waals surface area contributed by atoms with Crippen molar-refractivity contribution in [2.24, 2.45) is 0 Å². The third kappa shape index (κ3) is 8.08. The molecule has 214 valence electrons. The Balaban J connectivity index is 1.52. The van der Waals surface area contributed by atoms with Crippen molar-refractivity contribution in [1.82, 2.24) is 10.3 Å². The van der Waals surface area contributed by atoms with Gasteiger partial charge in [-0.05, 0) is 60.0 Å². The standard InChI is InChI=1S/C29H25F3N2O7/c1-39-16-19(11-17-5-8-20(35)9-6-17)33-27(36)26-14-24(28(37)38)23-12-18(7-10-25(23)34-26)15-40-21-3-2-4-22(13-21)41-29(30,31)32/h2-10,12-14,19,35H,11,15-16H2,1H3,(H,33,36)(H,37,38)/t19-/m0/s1. The number of fused-ring (bicyclic) bond motifs is 1. The van der Waals surface area contributed by atoms with Gasteiger partial charge in [-0.25, -0.2) is 9.78 Å². The molecule has 0 fully saturated rings. The van der Waals surface area contributed by atoms with Crippen molar-refractivity contribution in [3.05, 3.63) is 95.2 Å². The quantitative estimate of drug-likeness (QED) is 0.227. The van der Waals surface area contributed by atoms with Crippen LogP contribution in [0.2, 0.25) is 0 Å². The van der Waals surface area contributed by atoms with E-state index in [0.29, 0.717) is 12.0 Å². The molecule has 1 amide bonds. The molecule has 0 unspecified atom stereocenters. The number of aromatic carboxylic acids is 1. The van der Waals surface area contributed by atoms with E-state index in [9.17, 15) is 33.0 Å². The van der Waals surface area contributed by atoms with Crippen molar-refractivity contribution in [3.63, 3.8) is 0 Å². The van der Waals surface area contributed by atoms with Crippen LogP contribution in [0.4, 0.5) is 13.2 Å². The molecule has 0 aliphatic rings. The number of hydrogen-bond donors (Lipinski definition) is 3. The fourth-order valence-electron chi connectivity index (χ4n) is 4.11. The van der Waals surface area contributed by atoms with Crippen molar-refractivity contribution in [2.75, 3.05) is 13.7 Å². The Morgan fingerprint density at radius 2 is 1.68 bits per heavy atom. The van der Waals surface area contributed by atoms with Gasteiger partial charge in [-0.1, -0.05) is 24.3 Å². The van der Waals surface area contributed by atoms with E-state index in [1.165, 1.54) is 49.6 Å². The molecule has 4 aromatic rings. The Kier molecular flexibility index (Phi) is 8.93. The predicted molar refractivity (Wildman–Crippen MR) is 141 cm³/mol. The lowest BCUT2D eigenvalue weighted by Crippen LogP contribution is -2.40. The molecule has 0 bridgehead atoms. The number of hydrogen-bond acceptors (Lipinski definition) is 7. The summed E-state index contributed by atoms with van der Waals surface area (Å²) >= 11 is 0. The van der Waals surface area contributed by atoms with Gasteiger partial charge in [0.05, 0.1) is 23.7 Å². The number of pyridine rings is 1. The summed E-state index contributed by atoms with van der Waals surface area (Å²) in [6, 6.07) is 16.9. The Morgan fingerprint density at radius 3 is 2.37 bits per heavy atom. The Hall–Kier alpha value is -4.84. The van der Waals surface area contributed by atoms with Gasteiger partial charge in [-0.15, -0.1) is 13.2 Å². The number of carboxylic acids is 1. The summed E-state index contributed by atoms with van der Waals surface area (Å²) in [5.41, 5.74) is 1.35. The average Bonchev–Trinajstić information content (AvgIpc) is 2.91. The molecular formula is C29H25F3N2O7. The van der Waals surface area contributed by atoms with Gasteiger partial charge in [0, 0.05) is 18.6 Å². The van der Waals surface area contributed by atoms with E-state index in [1.807, 2.05) is 0 Å². The number of ether oxygens (including phenoxy) is 3. The maximum Gasteiger partial charge on any atom is 0.573 e. The van der Waals surface area contributed by atoms with Gasteiger partial charge in [0.2, 0.25) is 0 Å². The fraction of sp³-hybridized carbons (Fsp3) is 0.207. The van der Waals surface area contributed by atoms with E-state index >= 15 is 0 Å². The van der Waals surface area contributed by atoms with Crippen LogP contribution < -0.4 is 14.8 Å². The van der Waals surface area contributed by atoms with Crippen molar-refractivity contribution >= 4 is 22.8 Å². The van der Waals surface area contributed by atoms with Crippen LogP contribution in [-0.2, 0) is 17.8 Å². The number of amides is 1. The lowest BCUT2D eigenvalue weighted by molar-refractivity contribution is -0.274. The highest BCUT2D eigenvalue weighted by molar-refractivity contribution is 6.06. The summed E-state index contributed by atoms with van der Waals surface area (Å²) in [4.78, 5) is 29.5. The summed E-state index contributed by atoms with van der Waals surface area (Å²) in [7, 11) is 1.49. The first-order valence-corrected chi connectivity index (χ1v) is 12.2. The van der Waals surface area contributed by atoms with Crippen molar-refractivity contribution < 1.29 is 47.2 Å². The first-order valence-electron chi connectivity index (χ1n) is 12.2. The Morgan fingerprint density at radius 1 is 0.976 bits per heavy atom. The summed E-state index contributed by atoms with van der Waals surface area (Å²) in [5.74, 6) is -2.08. The highest BCUT2D eigenvalue weighted by Gasteiger charge is 2.31. The van der Waals surface area contributed by atoms with Crippen LogP contribution in [0.5, 0.6) is 17.2 Å². The smallest absolute Gasteiger partial charge is 0.508 e. The van der Waals surface area contributed by atoms with Gasteiger partial charge in [-0.3, -0.25) is 4.79 Å². The molecule has 9 nitrogen and oxygen atoms in total. The summed E-state index contributed by atoms with van der Waals surface area (Å²) in [6.07, 6.45) is -4.45. The van der Waals surface area contributed by atoms with E-state index in [1.54, 1.807) is 18.2 Å². The van der Waals surface area contributed by atoms with Crippen LogP contribution in [0.25, 0.3) is 10.9 Å². The molecule has 3 aromatic carbocycles. The molecule has 0 radical (unpaired) electrons. The van der Waals surface area contributed by atoms with E-state index in [4.69, 9.17) is 9.47 Å². The maximum absolute atomic E-state index is 13.1. The van der Waals surface area contributed by atoms with Crippen LogP contribution in [0.1, 0.15) is 32.0 Å². The third-order valence-electron chi connectivity index (χ3n) is 5.90. The minimum Gasteiger partial charge on any atom is -0.508 e. The van der Waals surface area contributed by atoms with E-state index in [-0.39, 0.29) is 46.9 Å². The van der Waals surface area contributed by atoms with Crippen LogP contribution >= 0.6 is 0 Å². The maximum atomic E-state index is 13.1. The molecule has 0 aliphatic carbocycles. The van der Waals surface area contributed by atoms with Gasteiger partial charge < -0.3 is 29.7 Å². The number of carbonyl (C=O) groups is 2. The number of benzene rings is 3. The molecule has 41 heavy (non-hydrogen) atoms. The number of carboxylic acid groups (broad SMARTS) is 1. The topological polar surface area (TPSA) is 127 Å². The number of phenolic OH excluding ortho intramolecular Hbond substituents is 1. The number of rotatable bonds is 11. The number of nitrogens with zero attached hydrogens (tertiary/aromatic N) is 1. The second-order valence-electron chi connectivity index (χ2n) is 9.02. The normalized spacial score (nSPS) is 12.1. The number of carbonyl (C=O) groups excluding carboxylic acids is 1. The number of methoxy groups -OCH3 is 1. The van der Waals surface area contributed by atoms with Gasteiger partial charge in [0.15, 0.2) is 0 Å². The van der Waals surface area contributed by atoms with E-state index in [0.717, 1.165) is 17.7 Å². The Bertz CT molecular complexity index is 1540. The zero-order valence-corrected chi connectivity index (χ0v) is 21.6. The molecule has 0 saturated carbocycles. The minimum atomic E-state index is -4.84. The second kappa shape index (κ2) is 12.6. The number of alkyl halides is 3. The van der Waals surface area contributed by atoms with Gasteiger partial charge in [0.25, 0.3) is 5.91 Å². The second-order valence-corrected chi connectivity index (χ2v) is 9.02. The van der Waals surface area contributed by atoms with E-state index < -0.39 is 30.0 Å². The van der Waals surface area contributed by atoms with Crippen LogP contribution in [0.3, 0.4) is 0 Å². The van der Waals surface area contributed by atoms with Crippen molar-refractivity contribution in [3.8, 4) is 17.2 Å². The van der Waals surface area contributed by atoms with Crippen LogP contribution in [-0.4, -0.2) is 53.2 Å². The van der Waals surface area contributed by atoms with Gasteiger partial charge >= 0.3 is 12.3 Å². The first-order chi connectivity index (χ1) is 19.5. The molecule has 0 saturated heterocycles. The van der Waals surface area contributed by atoms with Gasteiger partial charge in [-0.2, -0.15) is 0 Å². The number of aromatic nitrogens is 1. The molecule has 4 rings (SSSR count). The number of aromatic hydroxyl groups is 1. The SMILES string of the molecule is COC[C@H](Cc1ccc(O)cc1)NC(=O)c1cc(C(=O)O)c2cc(COc3cccc(OC(F)(F)F)c3)ccc2n1. The summed E-state index contributed by atoms with van der Waals surface area (Å²) < 4.78 is 52.2. The lowest BCUT2D eigenvalue weighted by Gasteiger charge is -2.18. The molecule has 3 N–H and O–H groups in total.